The van der Waals surface area contributed by atoms with Crippen LogP contribution in [-0.2, 0) is 0 Å². The Balaban J connectivity index is 1.92. The molecule has 1 aliphatic carbocycles. The summed E-state index contributed by atoms with van der Waals surface area (Å²) in [7, 11) is 0. The van der Waals surface area contributed by atoms with E-state index in [1.54, 1.807) is 0 Å². The third kappa shape index (κ3) is 3.01. The van der Waals surface area contributed by atoms with Crippen molar-refractivity contribution in [3.8, 4) is 0 Å². The minimum absolute atomic E-state index is 0.495. The zero-order valence-corrected chi connectivity index (χ0v) is 12.8. The lowest BCUT2D eigenvalue weighted by Gasteiger charge is -2.41. The topological polar surface area (TPSA) is 12.0 Å². The monoisotopic (exact) mass is 255 g/mol. The second-order valence-electron chi connectivity index (χ2n) is 6.74. The van der Waals surface area contributed by atoms with Crippen LogP contribution in [0.2, 0.25) is 0 Å². The summed E-state index contributed by atoms with van der Waals surface area (Å²) in [6.45, 7) is 9.70. The van der Waals surface area contributed by atoms with Crippen molar-refractivity contribution in [2.75, 3.05) is 11.5 Å². The van der Waals surface area contributed by atoms with E-state index in [0.717, 1.165) is 23.9 Å². The van der Waals surface area contributed by atoms with Crippen LogP contribution in [0.1, 0.15) is 53.4 Å². The van der Waals surface area contributed by atoms with Gasteiger partial charge < -0.3 is 5.32 Å². The van der Waals surface area contributed by atoms with Gasteiger partial charge in [0.05, 0.1) is 0 Å². The average Bonchev–Trinajstić information content (AvgIpc) is 2.63. The molecule has 0 aromatic rings. The van der Waals surface area contributed by atoms with Gasteiger partial charge in [0.2, 0.25) is 0 Å². The highest BCUT2D eigenvalue weighted by Gasteiger charge is 2.38. The van der Waals surface area contributed by atoms with Crippen molar-refractivity contribution in [1.29, 1.82) is 0 Å². The van der Waals surface area contributed by atoms with E-state index in [1.807, 2.05) is 0 Å². The highest BCUT2D eigenvalue weighted by Crippen LogP contribution is 2.38. The third-order valence-corrected chi connectivity index (χ3v) is 6.35. The highest BCUT2D eigenvalue weighted by molar-refractivity contribution is 7.99. The van der Waals surface area contributed by atoms with Gasteiger partial charge in [-0.2, -0.15) is 11.8 Å². The summed E-state index contributed by atoms with van der Waals surface area (Å²) in [6, 6.07) is 1.51. The van der Waals surface area contributed by atoms with Gasteiger partial charge in [-0.05, 0) is 42.3 Å². The molecule has 2 aliphatic rings. The molecule has 2 heteroatoms. The van der Waals surface area contributed by atoms with Crippen molar-refractivity contribution in [3.05, 3.63) is 0 Å². The van der Waals surface area contributed by atoms with Gasteiger partial charge in [-0.1, -0.05) is 34.1 Å². The molecule has 2 rings (SSSR count). The Labute approximate surface area is 112 Å². The maximum Gasteiger partial charge on any atom is 0.0212 e. The zero-order chi connectivity index (χ0) is 12.5. The van der Waals surface area contributed by atoms with E-state index in [4.69, 9.17) is 0 Å². The van der Waals surface area contributed by atoms with Crippen LogP contribution in [-0.4, -0.2) is 23.6 Å². The summed E-state index contributed by atoms with van der Waals surface area (Å²) >= 11 is 2.13. The van der Waals surface area contributed by atoms with Crippen molar-refractivity contribution < 1.29 is 0 Å². The van der Waals surface area contributed by atoms with E-state index in [0.29, 0.717) is 5.41 Å². The lowest BCUT2D eigenvalue weighted by molar-refractivity contribution is 0.209. The fourth-order valence-corrected chi connectivity index (χ4v) is 5.15. The van der Waals surface area contributed by atoms with E-state index in [-0.39, 0.29) is 0 Å². The molecule has 1 saturated heterocycles. The molecule has 0 aromatic heterocycles. The first-order valence-corrected chi connectivity index (χ1v) is 8.54. The smallest absolute Gasteiger partial charge is 0.0212 e. The molecule has 0 spiro atoms. The first kappa shape index (κ1) is 13.7. The Kier molecular flexibility index (Phi) is 4.46. The summed E-state index contributed by atoms with van der Waals surface area (Å²) in [5.41, 5.74) is 0.495. The summed E-state index contributed by atoms with van der Waals surface area (Å²) in [6.07, 6.45) is 5.57. The summed E-state index contributed by atoms with van der Waals surface area (Å²) < 4.78 is 0. The predicted octanol–water partition coefficient (Wildman–Crippen LogP) is 3.93. The largest absolute Gasteiger partial charge is 0.310 e. The standard InChI is InChI=1S/C15H29NS/c1-5-12-6-7-13(11(12)2)16-14-10-17-9-8-15(14,3)4/h11-14,16H,5-10H2,1-4H3. The molecule has 4 unspecified atom stereocenters. The van der Waals surface area contributed by atoms with Crippen LogP contribution >= 0.6 is 11.8 Å². The summed E-state index contributed by atoms with van der Waals surface area (Å²) in [4.78, 5) is 0. The molecule has 17 heavy (non-hydrogen) atoms. The van der Waals surface area contributed by atoms with Crippen molar-refractivity contribution in [3.63, 3.8) is 0 Å². The molecule has 1 heterocycles. The van der Waals surface area contributed by atoms with Crippen molar-refractivity contribution in [2.24, 2.45) is 17.3 Å². The van der Waals surface area contributed by atoms with Crippen LogP contribution < -0.4 is 5.32 Å². The molecule has 0 amide bonds. The summed E-state index contributed by atoms with van der Waals surface area (Å²) in [5, 5.41) is 4.00. The third-order valence-electron chi connectivity index (χ3n) is 5.28. The molecular formula is C15H29NS. The molecule has 1 saturated carbocycles. The Hall–Kier alpha value is 0.310. The maximum absolute atomic E-state index is 4.00. The van der Waals surface area contributed by atoms with E-state index >= 15 is 0 Å². The van der Waals surface area contributed by atoms with E-state index in [1.165, 1.54) is 37.2 Å². The summed E-state index contributed by atoms with van der Waals surface area (Å²) in [5.74, 6) is 4.50. The van der Waals surface area contributed by atoms with Gasteiger partial charge in [0.1, 0.15) is 0 Å². The number of nitrogens with one attached hydrogen (secondary N) is 1. The molecule has 2 fully saturated rings. The second-order valence-corrected chi connectivity index (χ2v) is 7.89. The fourth-order valence-electron chi connectivity index (χ4n) is 3.53. The number of rotatable bonds is 3. The Bertz CT molecular complexity index is 251. The highest BCUT2D eigenvalue weighted by atomic mass is 32.2. The molecule has 0 bridgehead atoms. The minimum Gasteiger partial charge on any atom is -0.310 e. The molecule has 1 N–H and O–H groups in total. The molecule has 0 aromatic carbocycles. The fraction of sp³-hybridized carbons (Fsp3) is 1.00. The van der Waals surface area contributed by atoms with E-state index < -0.39 is 0 Å². The van der Waals surface area contributed by atoms with Crippen molar-refractivity contribution in [2.45, 2.75) is 65.5 Å². The van der Waals surface area contributed by atoms with Gasteiger partial charge in [0.25, 0.3) is 0 Å². The van der Waals surface area contributed by atoms with Crippen LogP contribution in [0.4, 0.5) is 0 Å². The van der Waals surface area contributed by atoms with Crippen molar-refractivity contribution in [1.82, 2.24) is 5.32 Å². The Morgan fingerprint density at radius 3 is 2.65 bits per heavy atom. The average molecular weight is 255 g/mol. The zero-order valence-electron chi connectivity index (χ0n) is 12.0. The van der Waals surface area contributed by atoms with Crippen molar-refractivity contribution >= 4 is 11.8 Å². The number of hydrogen-bond donors (Lipinski definition) is 1. The lowest BCUT2D eigenvalue weighted by atomic mass is 9.81. The van der Waals surface area contributed by atoms with Gasteiger partial charge in [-0.15, -0.1) is 0 Å². The molecule has 4 atom stereocenters. The first-order valence-electron chi connectivity index (χ1n) is 7.38. The van der Waals surface area contributed by atoms with Crippen LogP contribution in [0, 0.1) is 17.3 Å². The van der Waals surface area contributed by atoms with Gasteiger partial charge >= 0.3 is 0 Å². The second kappa shape index (κ2) is 5.52. The molecule has 1 nitrogen and oxygen atoms in total. The van der Waals surface area contributed by atoms with Crippen LogP contribution in [0.3, 0.4) is 0 Å². The van der Waals surface area contributed by atoms with Crippen LogP contribution in [0.15, 0.2) is 0 Å². The van der Waals surface area contributed by atoms with Crippen LogP contribution in [0.5, 0.6) is 0 Å². The van der Waals surface area contributed by atoms with Gasteiger partial charge in [-0.3, -0.25) is 0 Å². The lowest BCUT2D eigenvalue weighted by Crippen LogP contribution is -2.51. The Morgan fingerprint density at radius 2 is 2.06 bits per heavy atom. The molecule has 1 aliphatic heterocycles. The number of thioether (sulfide) groups is 1. The predicted molar refractivity (Wildman–Crippen MR) is 78.6 cm³/mol. The minimum atomic E-state index is 0.495. The van der Waals surface area contributed by atoms with E-state index in [9.17, 15) is 0 Å². The normalized spacial score (nSPS) is 41.6. The van der Waals surface area contributed by atoms with Crippen LogP contribution in [0.25, 0.3) is 0 Å². The van der Waals surface area contributed by atoms with Gasteiger partial charge in [0.15, 0.2) is 0 Å². The van der Waals surface area contributed by atoms with E-state index in [2.05, 4.69) is 44.8 Å². The SMILES string of the molecule is CCC1CCC(NC2CSCCC2(C)C)C1C. The Morgan fingerprint density at radius 1 is 1.29 bits per heavy atom. The first-order chi connectivity index (χ1) is 8.04. The quantitative estimate of drug-likeness (QED) is 0.820. The maximum atomic E-state index is 4.00. The number of hydrogen-bond acceptors (Lipinski definition) is 2. The molecule has 100 valence electrons. The van der Waals surface area contributed by atoms with Gasteiger partial charge in [0, 0.05) is 17.8 Å². The van der Waals surface area contributed by atoms with Gasteiger partial charge in [-0.25, -0.2) is 0 Å². The molecular weight excluding hydrogens is 226 g/mol. The molecule has 0 radical (unpaired) electrons.